The molecule has 0 bridgehead atoms. The van der Waals surface area contributed by atoms with E-state index in [1.807, 2.05) is 26.0 Å². The van der Waals surface area contributed by atoms with E-state index in [1.54, 1.807) is 12.3 Å². The van der Waals surface area contributed by atoms with E-state index in [9.17, 15) is 4.21 Å². The Hall–Kier alpha value is -1.23. The van der Waals surface area contributed by atoms with Crippen LogP contribution in [0.25, 0.3) is 0 Å². The van der Waals surface area contributed by atoms with Gasteiger partial charge in [0.15, 0.2) is 0 Å². The minimum atomic E-state index is -0.769. The molecule has 0 radical (unpaired) electrons. The summed E-state index contributed by atoms with van der Waals surface area (Å²) >= 11 is 0. The molecule has 0 saturated carbocycles. The Morgan fingerprint density at radius 2 is 2.17 bits per heavy atom. The zero-order valence-corrected chi connectivity index (χ0v) is 12.0. The van der Waals surface area contributed by atoms with Gasteiger partial charge in [-0.3, -0.25) is 4.21 Å². The molecule has 0 aromatic heterocycles. The molecule has 4 nitrogen and oxygen atoms in total. The average Bonchev–Trinajstić information content (AvgIpc) is 2.28. The average molecular weight is 270 g/mol. The van der Waals surface area contributed by atoms with Crippen LogP contribution in [0.1, 0.15) is 20.3 Å². The van der Waals surface area contributed by atoms with Crippen LogP contribution in [0.15, 0.2) is 18.2 Å². The highest BCUT2D eigenvalue weighted by molar-refractivity contribution is 7.84. The van der Waals surface area contributed by atoms with Crippen molar-refractivity contribution in [2.45, 2.75) is 25.5 Å². The maximum Gasteiger partial charge on any atom is 0.123 e. The molecule has 3 N–H and O–H groups in total. The Kier molecular flexibility index (Phi) is 5.98. The van der Waals surface area contributed by atoms with Gasteiger partial charge < -0.3 is 15.8 Å². The Balaban J connectivity index is 2.53. The monoisotopic (exact) mass is 270 g/mol. The van der Waals surface area contributed by atoms with Gasteiger partial charge in [-0.05, 0) is 19.4 Å². The minimum absolute atomic E-state index is 0.199. The highest BCUT2D eigenvalue weighted by Crippen LogP contribution is 2.22. The molecule has 18 heavy (non-hydrogen) atoms. The predicted octanol–water partition coefficient (Wildman–Crippen LogP) is 2.24. The number of benzene rings is 1. The molecule has 1 aromatic rings. The van der Waals surface area contributed by atoms with Crippen molar-refractivity contribution < 1.29 is 8.95 Å². The first-order valence-electron chi connectivity index (χ1n) is 6.12. The van der Waals surface area contributed by atoms with Crippen LogP contribution in [0, 0.1) is 0 Å². The molecule has 0 aliphatic heterocycles. The third-order valence-electron chi connectivity index (χ3n) is 2.69. The van der Waals surface area contributed by atoms with E-state index < -0.39 is 10.8 Å². The minimum Gasteiger partial charge on any atom is -0.494 e. The van der Waals surface area contributed by atoms with E-state index in [-0.39, 0.29) is 5.25 Å². The molecule has 0 amide bonds. The largest absolute Gasteiger partial charge is 0.494 e. The summed E-state index contributed by atoms with van der Waals surface area (Å²) in [6.07, 6.45) is 2.60. The fraction of sp³-hybridized carbons (Fsp3) is 0.538. The van der Waals surface area contributed by atoms with Gasteiger partial charge in [-0.2, -0.15) is 0 Å². The van der Waals surface area contributed by atoms with Crippen molar-refractivity contribution in [1.29, 1.82) is 0 Å². The van der Waals surface area contributed by atoms with Gasteiger partial charge in [-0.15, -0.1) is 0 Å². The van der Waals surface area contributed by atoms with Crippen molar-refractivity contribution in [3.8, 4) is 5.75 Å². The zero-order chi connectivity index (χ0) is 13.5. The molecule has 1 aromatic carbocycles. The standard InChI is InChI=1S/C13H22N2O2S/c1-4-17-13-8-11(14)7-12(9-13)15-6-5-10(2)18(3)16/h7-10,15H,4-6,14H2,1-3H3. The van der Waals surface area contributed by atoms with Crippen LogP contribution in [0.3, 0.4) is 0 Å². The molecule has 0 fully saturated rings. The molecular formula is C13H22N2O2S. The topological polar surface area (TPSA) is 64.3 Å². The van der Waals surface area contributed by atoms with Gasteiger partial charge in [0, 0.05) is 52.4 Å². The second-order valence-corrected chi connectivity index (χ2v) is 6.05. The maximum absolute atomic E-state index is 11.2. The predicted molar refractivity (Wildman–Crippen MR) is 78.7 cm³/mol. The fourth-order valence-corrected chi connectivity index (χ4v) is 2.01. The number of nitrogens with one attached hydrogen (secondary N) is 1. The summed E-state index contributed by atoms with van der Waals surface area (Å²) in [4.78, 5) is 0. The number of nitrogens with two attached hydrogens (primary N) is 1. The molecule has 0 aliphatic carbocycles. The lowest BCUT2D eigenvalue weighted by Crippen LogP contribution is -2.14. The van der Waals surface area contributed by atoms with Gasteiger partial charge in [-0.1, -0.05) is 6.92 Å². The number of anilines is 2. The second kappa shape index (κ2) is 7.26. The lowest BCUT2D eigenvalue weighted by molar-refractivity contribution is 0.340. The first-order chi connectivity index (χ1) is 8.52. The Morgan fingerprint density at radius 1 is 1.44 bits per heavy atom. The third-order valence-corrected chi connectivity index (χ3v) is 4.06. The van der Waals surface area contributed by atoms with Gasteiger partial charge >= 0.3 is 0 Å². The summed E-state index contributed by atoms with van der Waals surface area (Å²) < 4.78 is 16.6. The van der Waals surface area contributed by atoms with Gasteiger partial charge in [0.05, 0.1) is 6.61 Å². The molecule has 0 saturated heterocycles. The van der Waals surface area contributed by atoms with Gasteiger partial charge in [0.1, 0.15) is 5.75 Å². The van der Waals surface area contributed by atoms with Crippen molar-refractivity contribution in [2.75, 3.05) is 30.5 Å². The highest BCUT2D eigenvalue weighted by atomic mass is 32.2. The van der Waals surface area contributed by atoms with Crippen LogP contribution in [0.4, 0.5) is 11.4 Å². The molecule has 2 atom stereocenters. The summed E-state index contributed by atoms with van der Waals surface area (Å²) in [5, 5.41) is 3.47. The lowest BCUT2D eigenvalue weighted by Gasteiger charge is -2.12. The van der Waals surface area contributed by atoms with E-state index in [0.29, 0.717) is 12.3 Å². The smallest absolute Gasteiger partial charge is 0.123 e. The van der Waals surface area contributed by atoms with Gasteiger partial charge in [-0.25, -0.2) is 0 Å². The van der Waals surface area contributed by atoms with Gasteiger partial charge in [0.25, 0.3) is 0 Å². The molecule has 5 heteroatoms. The Morgan fingerprint density at radius 3 is 2.78 bits per heavy atom. The third kappa shape index (κ3) is 4.96. The summed E-state index contributed by atoms with van der Waals surface area (Å²) in [6.45, 7) is 5.32. The SMILES string of the molecule is CCOc1cc(N)cc(NCCC(C)S(C)=O)c1. The first-order valence-corrected chi connectivity index (χ1v) is 7.74. The van der Waals surface area contributed by atoms with E-state index in [2.05, 4.69) is 5.32 Å². The van der Waals surface area contributed by atoms with Crippen molar-refractivity contribution in [2.24, 2.45) is 0 Å². The van der Waals surface area contributed by atoms with E-state index in [4.69, 9.17) is 10.5 Å². The highest BCUT2D eigenvalue weighted by Gasteiger charge is 2.05. The molecule has 102 valence electrons. The Labute approximate surface area is 111 Å². The summed E-state index contributed by atoms with van der Waals surface area (Å²) in [5.74, 6) is 0.770. The molecule has 0 aliphatic rings. The molecular weight excluding hydrogens is 248 g/mol. The molecule has 0 heterocycles. The number of rotatable bonds is 7. The van der Waals surface area contributed by atoms with Crippen LogP contribution in [-0.2, 0) is 10.8 Å². The molecule has 1 rings (SSSR count). The first kappa shape index (κ1) is 14.8. The number of hydrogen-bond acceptors (Lipinski definition) is 4. The number of hydrogen-bond donors (Lipinski definition) is 2. The zero-order valence-electron chi connectivity index (χ0n) is 11.2. The van der Waals surface area contributed by atoms with Gasteiger partial charge in [0.2, 0.25) is 0 Å². The van der Waals surface area contributed by atoms with E-state index >= 15 is 0 Å². The normalized spacial score (nSPS) is 13.9. The molecule has 2 unspecified atom stereocenters. The van der Waals surface area contributed by atoms with Crippen molar-refractivity contribution >= 4 is 22.2 Å². The van der Waals surface area contributed by atoms with Crippen molar-refractivity contribution in [3.63, 3.8) is 0 Å². The van der Waals surface area contributed by atoms with Crippen LogP contribution in [0.2, 0.25) is 0 Å². The summed E-state index contributed by atoms with van der Waals surface area (Å²) in [6, 6.07) is 5.60. The van der Waals surface area contributed by atoms with Crippen LogP contribution >= 0.6 is 0 Å². The number of nitrogen functional groups attached to an aromatic ring is 1. The van der Waals surface area contributed by atoms with E-state index in [0.717, 1.165) is 24.4 Å². The Bertz CT molecular complexity index is 410. The van der Waals surface area contributed by atoms with Crippen molar-refractivity contribution in [1.82, 2.24) is 0 Å². The van der Waals surface area contributed by atoms with Crippen molar-refractivity contribution in [3.05, 3.63) is 18.2 Å². The maximum atomic E-state index is 11.2. The summed E-state index contributed by atoms with van der Waals surface area (Å²) in [5.41, 5.74) is 7.41. The lowest BCUT2D eigenvalue weighted by atomic mass is 10.2. The van der Waals surface area contributed by atoms with Crippen LogP contribution in [0.5, 0.6) is 5.75 Å². The number of ether oxygens (including phenoxy) is 1. The fourth-order valence-electron chi connectivity index (χ4n) is 1.56. The second-order valence-electron chi connectivity index (χ2n) is 4.25. The summed E-state index contributed by atoms with van der Waals surface area (Å²) in [7, 11) is -0.769. The van der Waals surface area contributed by atoms with E-state index in [1.165, 1.54) is 0 Å². The quantitative estimate of drug-likeness (QED) is 0.746. The van der Waals surface area contributed by atoms with Crippen LogP contribution < -0.4 is 15.8 Å². The van der Waals surface area contributed by atoms with Crippen LogP contribution in [-0.4, -0.2) is 28.9 Å². The molecule has 0 spiro atoms.